The summed E-state index contributed by atoms with van der Waals surface area (Å²) in [4.78, 5) is 19.4. The van der Waals surface area contributed by atoms with E-state index >= 15 is 0 Å². The summed E-state index contributed by atoms with van der Waals surface area (Å²) in [5, 5.41) is 13.1. The lowest BCUT2D eigenvalue weighted by Crippen LogP contribution is -2.10. The van der Waals surface area contributed by atoms with Gasteiger partial charge in [-0.3, -0.25) is 0 Å². The SMILES string of the molecule is Cc1nc2nc(C(C)C)cc(C(=O)O)n2n1. The first kappa shape index (κ1) is 10.5. The van der Waals surface area contributed by atoms with E-state index in [9.17, 15) is 4.79 Å². The smallest absolute Gasteiger partial charge is 0.354 e. The molecule has 0 saturated heterocycles. The van der Waals surface area contributed by atoms with Crippen LogP contribution in [-0.4, -0.2) is 30.7 Å². The molecule has 0 fully saturated rings. The van der Waals surface area contributed by atoms with E-state index in [1.807, 2.05) is 13.8 Å². The number of fused-ring (bicyclic) bond motifs is 1. The number of carboxylic acid groups (broad SMARTS) is 1. The second-order valence-electron chi connectivity index (χ2n) is 3.90. The number of hydrogen-bond donors (Lipinski definition) is 1. The van der Waals surface area contributed by atoms with Crippen LogP contribution in [0.5, 0.6) is 0 Å². The monoisotopic (exact) mass is 220 g/mol. The quantitative estimate of drug-likeness (QED) is 0.823. The molecule has 0 aliphatic rings. The maximum Gasteiger partial charge on any atom is 0.354 e. The van der Waals surface area contributed by atoms with Crippen LogP contribution in [0.25, 0.3) is 5.78 Å². The van der Waals surface area contributed by atoms with Crippen molar-refractivity contribution < 1.29 is 9.90 Å². The highest BCUT2D eigenvalue weighted by atomic mass is 16.4. The van der Waals surface area contributed by atoms with Crippen LogP contribution in [0.1, 0.15) is 41.8 Å². The number of rotatable bonds is 2. The summed E-state index contributed by atoms with van der Waals surface area (Å²) < 4.78 is 1.25. The zero-order chi connectivity index (χ0) is 11.9. The molecule has 0 amide bonds. The lowest BCUT2D eigenvalue weighted by Gasteiger charge is -2.05. The van der Waals surface area contributed by atoms with Crippen molar-refractivity contribution in [1.82, 2.24) is 19.6 Å². The van der Waals surface area contributed by atoms with Crippen LogP contribution < -0.4 is 0 Å². The Labute approximate surface area is 92.0 Å². The summed E-state index contributed by atoms with van der Waals surface area (Å²) in [6.45, 7) is 5.61. The van der Waals surface area contributed by atoms with Gasteiger partial charge in [0.2, 0.25) is 0 Å². The van der Waals surface area contributed by atoms with Crippen molar-refractivity contribution in [2.75, 3.05) is 0 Å². The van der Waals surface area contributed by atoms with Crippen LogP contribution in [0.2, 0.25) is 0 Å². The number of aryl methyl sites for hydroxylation is 1. The van der Waals surface area contributed by atoms with Crippen LogP contribution in [-0.2, 0) is 0 Å². The second kappa shape index (κ2) is 3.55. The van der Waals surface area contributed by atoms with Gasteiger partial charge in [0.05, 0.1) is 0 Å². The maximum atomic E-state index is 11.1. The first-order chi connectivity index (χ1) is 7.49. The van der Waals surface area contributed by atoms with E-state index in [4.69, 9.17) is 5.11 Å². The Morgan fingerprint density at radius 2 is 2.12 bits per heavy atom. The van der Waals surface area contributed by atoms with E-state index in [1.165, 1.54) is 10.6 Å². The number of nitrogens with zero attached hydrogens (tertiary/aromatic N) is 4. The number of aromatic carboxylic acids is 1. The molecule has 1 N–H and O–H groups in total. The standard InChI is InChI=1S/C10H12N4O2/c1-5(2)7-4-8(9(15)16)14-10(12-7)11-6(3)13-14/h4-5H,1-3H3,(H,15,16). The summed E-state index contributed by atoms with van der Waals surface area (Å²) >= 11 is 0. The van der Waals surface area contributed by atoms with E-state index < -0.39 is 5.97 Å². The first-order valence-electron chi connectivity index (χ1n) is 4.96. The van der Waals surface area contributed by atoms with E-state index in [0.717, 1.165) is 0 Å². The van der Waals surface area contributed by atoms with Gasteiger partial charge in [0.15, 0.2) is 5.69 Å². The molecule has 0 bridgehead atoms. The molecule has 0 atom stereocenters. The molecule has 2 heterocycles. The molecule has 0 aliphatic carbocycles. The van der Waals surface area contributed by atoms with E-state index in [1.54, 1.807) is 6.92 Å². The summed E-state index contributed by atoms with van der Waals surface area (Å²) in [7, 11) is 0. The Bertz CT molecular complexity index is 559. The third kappa shape index (κ3) is 1.62. The molecule has 0 aromatic carbocycles. The highest BCUT2D eigenvalue weighted by molar-refractivity contribution is 5.86. The molecule has 0 aliphatic heterocycles. The minimum atomic E-state index is -1.03. The van der Waals surface area contributed by atoms with Gasteiger partial charge in [0.25, 0.3) is 5.78 Å². The van der Waals surface area contributed by atoms with Crippen molar-refractivity contribution in [3.8, 4) is 0 Å². The molecule has 0 unspecified atom stereocenters. The highest BCUT2D eigenvalue weighted by Crippen LogP contribution is 2.14. The average molecular weight is 220 g/mol. The number of carbonyl (C=O) groups is 1. The van der Waals surface area contributed by atoms with Gasteiger partial charge in [-0.05, 0) is 18.9 Å². The molecule has 6 nitrogen and oxygen atoms in total. The van der Waals surface area contributed by atoms with E-state index in [0.29, 0.717) is 17.3 Å². The van der Waals surface area contributed by atoms with Gasteiger partial charge in [-0.25, -0.2) is 9.78 Å². The molecular formula is C10H12N4O2. The topological polar surface area (TPSA) is 80.4 Å². The van der Waals surface area contributed by atoms with Gasteiger partial charge in [-0.1, -0.05) is 13.8 Å². The normalized spacial score (nSPS) is 11.2. The number of hydrogen-bond acceptors (Lipinski definition) is 4. The Hall–Kier alpha value is -1.98. The molecule has 84 valence electrons. The number of carboxylic acids is 1. The van der Waals surface area contributed by atoms with Gasteiger partial charge in [0.1, 0.15) is 5.82 Å². The Balaban J connectivity index is 2.78. The average Bonchev–Trinajstić information content (AvgIpc) is 2.55. The Morgan fingerprint density at radius 3 is 2.69 bits per heavy atom. The molecule has 2 rings (SSSR count). The molecule has 6 heteroatoms. The van der Waals surface area contributed by atoms with Crippen molar-refractivity contribution in [3.63, 3.8) is 0 Å². The molecule has 2 aromatic heterocycles. The Morgan fingerprint density at radius 1 is 1.44 bits per heavy atom. The lowest BCUT2D eigenvalue weighted by molar-refractivity contribution is 0.0687. The van der Waals surface area contributed by atoms with Crippen LogP contribution in [0, 0.1) is 6.92 Å². The Kier molecular flexibility index (Phi) is 2.34. The van der Waals surface area contributed by atoms with Crippen molar-refractivity contribution in [1.29, 1.82) is 0 Å². The molecule has 0 saturated carbocycles. The van der Waals surface area contributed by atoms with Gasteiger partial charge >= 0.3 is 5.97 Å². The summed E-state index contributed by atoms with van der Waals surface area (Å²) in [6, 6.07) is 1.54. The zero-order valence-electron chi connectivity index (χ0n) is 9.30. The van der Waals surface area contributed by atoms with Crippen LogP contribution in [0.15, 0.2) is 6.07 Å². The predicted molar refractivity (Wildman–Crippen MR) is 56.6 cm³/mol. The minimum absolute atomic E-state index is 0.0919. The second-order valence-corrected chi connectivity index (χ2v) is 3.90. The van der Waals surface area contributed by atoms with Gasteiger partial charge in [-0.15, -0.1) is 5.10 Å². The molecule has 0 radical (unpaired) electrons. The molecular weight excluding hydrogens is 208 g/mol. The van der Waals surface area contributed by atoms with E-state index in [-0.39, 0.29) is 11.6 Å². The summed E-state index contributed by atoms with van der Waals surface area (Å²) in [6.07, 6.45) is 0. The molecule has 2 aromatic rings. The van der Waals surface area contributed by atoms with Gasteiger partial charge in [0, 0.05) is 5.69 Å². The summed E-state index contributed by atoms with van der Waals surface area (Å²) in [5.41, 5.74) is 0.798. The van der Waals surface area contributed by atoms with Crippen molar-refractivity contribution in [2.24, 2.45) is 0 Å². The lowest BCUT2D eigenvalue weighted by atomic mass is 10.1. The minimum Gasteiger partial charge on any atom is -0.477 e. The third-order valence-corrected chi connectivity index (χ3v) is 2.25. The van der Waals surface area contributed by atoms with Gasteiger partial charge < -0.3 is 5.11 Å². The van der Waals surface area contributed by atoms with E-state index in [2.05, 4.69) is 15.1 Å². The van der Waals surface area contributed by atoms with Crippen LogP contribution >= 0.6 is 0 Å². The van der Waals surface area contributed by atoms with Crippen molar-refractivity contribution >= 4 is 11.7 Å². The predicted octanol–water partition coefficient (Wildman–Crippen LogP) is 1.25. The number of aromatic nitrogens is 4. The van der Waals surface area contributed by atoms with Crippen molar-refractivity contribution in [3.05, 3.63) is 23.3 Å². The fourth-order valence-electron chi connectivity index (χ4n) is 1.43. The maximum absolute atomic E-state index is 11.1. The fraction of sp³-hybridized carbons (Fsp3) is 0.400. The van der Waals surface area contributed by atoms with Crippen molar-refractivity contribution in [2.45, 2.75) is 26.7 Å². The fourth-order valence-corrected chi connectivity index (χ4v) is 1.43. The third-order valence-electron chi connectivity index (χ3n) is 2.25. The van der Waals surface area contributed by atoms with Gasteiger partial charge in [-0.2, -0.15) is 9.50 Å². The summed E-state index contributed by atoms with van der Waals surface area (Å²) in [5.74, 6) is -0.0312. The highest BCUT2D eigenvalue weighted by Gasteiger charge is 2.15. The largest absolute Gasteiger partial charge is 0.477 e. The first-order valence-corrected chi connectivity index (χ1v) is 4.96. The van der Waals surface area contributed by atoms with Crippen LogP contribution in [0.4, 0.5) is 0 Å². The zero-order valence-corrected chi connectivity index (χ0v) is 9.30. The molecule has 0 spiro atoms. The van der Waals surface area contributed by atoms with Crippen LogP contribution in [0.3, 0.4) is 0 Å². The molecule has 16 heavy (non-hydrogen) atoms.